The molecule has 4 heteroatoms. The first-order valence-electron chi connectivity index (χ1n) is 6.80. The Balaban J connectivity index is 1.83. The number of hydrogen-bond acceptors (Lipinski definition) is 2. The number of ether oxygens (including phenoxy) is 1. The van der Waals surface area contributed by atoms with Crippen molar-refractivity contribution in [3.8, 4) is 5.75 Å². The van der Waals surface area contributed by atoms with Gasteiger partial charge in [0.2, 0.25) is 0 Å². The molecule has 1 amide bonds. The van der Waals surface area contributed by atoms with Crippen LogP contribution < -0.4 is 10.1 Å². The second-order valence-electron chi connectivity index (χ2n) is 4.86. The molecule has 0 atom stereocenters. The van der Waals surface area contributed by atoms with Crippen molar-refractivity contribution < 1.29 is 13.9 Å². The van der Waals surface area contributed by atoms with Crippen LogP contribution in [0, 0.1) is 19.7 Å². The molecule has 3 nitrogen and oxygen atoms in total. The Kier molecular flexibility index (Phi) is 4.93. The summed E-state index contributed by atoms with van der Waals surface area (Å²) in [5.74, 6) is -0.148. The van der Waals surface area contributed by atoms with E-state index in [1.54, 1.807) is 19.1 Å². The van der Waals surface area contributed by atoms with Gasteiger partial charge in [-0.3, -0.25) is 4.79 Å². The van der Waals surface area contributed by atoms with Crippen LogP contribution in [-0.2, 0) is 0 Å². The molecule has 2 aromatic carbocycles. The summed E-state index contributed by atoms with van der Waals surface area (Å²) < 4.78 is 19.3. The highest BCUT2D eigenvalue weighted by Crippen LogP contribution is 2.13. The first kappa shape index (κ1) is 15.0. The maximum absolute atomic E-state index is 13.8. The van der Waals surface area contributed by atoms with Gasteiger partial charge in [-0.25, -0.2) is 4.39 Å². The number of rotatable bonds is 5. The number of aryl methyl sites for hydroxylation is 2. The Hall–Kier alpha value is -2.36. The molecule has 110 valence electrons. The molecule has 0 heterocycles. The molecule has 2 rings (SSSR count). The van der Waals surface area contributed by atoms with Crippen LogP contribution in [0.2, 0.25) is 0 Å². The maximum atomic E-state index is 13.8. The van der Waals surface area contributed by atoms with Gasteiger partial charge >= 0.3 is 0 Å². The molecule has 0 aromatic heterocycles. The van der Waals surface area contributed by atoms with E-state index in [0.717, 1.165) is 11.3 Å². The van der Waals surface area contributed by atoms with Crippen LogP contribution in [0.1, 0.15) is 21.5 Å². The molecule has 21 heavy (non-hydrogen) atoms. The molecule has 2 aromatic rings. The molecule has 0 saturated heterocycles. The first-order chi connectivity index (χ1) is 10.1. The molecule has 0 unspecified atom stereocenters. The van der Waals surface area contributed by atoms with Crippen molar-refractivity contribution >= 4 is 5.91 Å². The summed E-state index contributed by atoms with van der Waals surface area (Å²) in [4.78, 5) is 11.9. The lowest BCUT2D eigenvalue weighted by atomic mass is 10.1. The van der Waals surface area contributed by atoms with E-state index >= 15 is 0 Å². The van der Waals surface area contributed by atoms with Gasteiger partial charge in [-0.15, -0.1) is 0 Å². The zero-order valence-electron chi connectivity index (χ0n) is 12.2. The zero-order valence-corrected chi connectivity index (χ0v) is 12.2. The molecule has 0 aliphatic heterocycles. The van der Waals surface area contributed by atoms with Crippen LogP contribution in [0.4, 0.5) is 4.39 Å². The van der Waals surface area contributed by atoms with E-state index in [-0.39, 0.29) is 5.56 Å². The molecular weight excluding hydrogens is 269 g/mol. The zero-order chi connectivity index (χ0) is 15.2. The van der Waals surface area contributed by atoms with Gasteiger partial charge < -0.3 is 10.1 Å². The highest BCUT2D eigenvalue weighted by molar-refractivity contribution is 5.94. The van der Waals surface area contributed by atoms with Crippen LogP contribution in [0.5, 0.6) is 5.75 Å². The molecule has 0 radical (unpaired) electrons. The van der Waals surface area contributed by atoms with Crippen LogP contribution >= 0.6 is 0 Å². The lowest BCUT2D eigenvalue weighted by Gasteiger charge is -2.09. The topological polar surface area (TPSA) is 38.3 Å². The SMILES string of the molecule is Cc1cccc(OCCNC(=O)c2cccc(C)c2F)c1. The summed E-state index contributed by atoms with van der Waals surface area (Å²) in [6, 6.07) is 12.4. The van der Waals surface area contributed by atoms with E-state index in [4.69, 9.17) is 4.74 Å². The standard InChI is InChI=1S/C17H18FNO2/c1-12-5-3-7-14(11-12)21-10-9-19-17(20)15-8-4-6-13(2)16(15)18/h3-8,11H,9-10H2,1-2H3,(H,19,20). The predicted molar refractivity (Wildman–Crippen MR) is 80.1 cm³/mol. The van der Waals surface area contributed by atoms with Gasteiger partial charge in [-0.1, -0.05) is 24.3 Å². The average molecular weight is 287 g/mol. The van der Waals surface area contributed by atoms with Crippen LogP contribution in [0.3, 0.4) is 0 Å². The summed E-state index contributed by atoms with van der Waals surface area (Å²) in [5, 5.41) is 2.65. The Morgan fingerprint density at radius 1 is 1.19 bits per heavy atom. The molecule has 0 aliphatic carbocycles. The highest BCUT2D eigenvalue weighted by Gasteiger charge is 2.12. The van der Waals surface area contributed by atoms with Crippen LogP contribution in [0.25, 0.3) is 0 Å². The van der Waals surface area contributed by atoms with E-state index in [1.807, 2.05) is 31.2 Å². The molecule has 1 N–H and O–H groups in total. The van der Waals surface area contributed by atoms with Gasteiger partial charge in [0.05, 0.1) is 12.1 Å². The third-order valence-corrected chi connectivity index (χ3v) is 3.08. The Bertz CT molecular complexity index is 640. The van der Waals surface area contributed by atoms with Crippen LogP contribution in [0.15, 0.2) is 42.5 Å². The van der Waals surface area contributed by atoms with Gasteiger partial charge in [0.15, 0.2) is 0 Å². The Morgan fingerprint density at radius 2 is 1.95 bits per heavy atom. The molecular formula is C17H18FNO2. The van der Waals surface area contributed by atoms with Gasteiger partial charge in [0.25, 0.3) is 5.91 Å². The number of hydrogen-bond donors (Lipinski definition) is 1. The smallest absolute Gasteiger partial charge is 0.254 e. The highest BCUT2D eigenvalue weighted by atomic mass is 19.1. The number of amides is 1. The summed E-state index contributed by atoms with van der Waals surface area (Å²) in [7, 11) is 0. The third kappa shape index (κ3) is 4.05. The minimum Gasteiger partial charge on any atom is -0.492 e. The van der Waals surface area contributed by atoms with Gasteiger partial charge in [-0.2, -0.15) is 0 Å². The van der Waals surface area contributed by atoms with Gasteiger partial charge in [0, 0.05) is 0 Å². The summed E-state index contributed by atoms with van der Waals surface area (Å²) in [5.41, 5.74) is 1.63. The first-order valence-corrected chi connectivity index (χ1v) is 6.80. The number of benzene rings is 2. The molecule has 0 spiro atoms. The lowest BCUT2D eigenvalue weighted by Crippen LogP contribution is -2.29. The number of nitrogens with one attached hydrogen (secondary N) is 1. The summed E-state index contributed by atoms with van der Waals surface area (Å²) in [6.07, 6.45) is 0. The maximum Gasteiger partial charge on any atom is 0.254 e. The molecule has 0 saturated carbocycles. The number of halogens is 1. The fourth-order valence-electron chi connectivity index (χ4n) is 1.96. The quantitative estimate of drug-likeness (QED) is 0.857. The van der Waals surface area contributed by atoms with E-state index in [0.29, 0.717) is 18.7 Å². The van der Waals surface area contributed by atoms with E-state index in [9.17, 15) is 9.18 Å². The monoisotopic (exact) mass is 287 g/mol. The largest absolute Gasteiger partial charge is 0.492 e. The Morgan fingerprint density at radius 3 is 2.71 bits per heavy atom. The average Bonchev–Trinajstić information content (AvgIpc) is 2.46. The molecule has 0 aliphatic rings. The van der Waals surface area contributed by atoms with Crippen molar-refractivity contribution in [1.82, 2.24) is 5.32 Å². The number of carbonyl (C=O) groups excluding carboxylic acids is 1. The lowest BCUT2D eigenvalue weighted by molar-refractivity contribution is 0.0942. The number of carbonyl (C=O) groups is 1. The molecule has 0 fully saturated rings. The predicted octanol–water partition coefficient (Wildman–Crippen LogP) is 3.25. The van der Waals surface area contributed by atoms with Crippen molar-refractivity contribution in [2.75, 3.05) is 13.2 Å². The van der Waals surface area contributed by atoms with Crippen molar-refractivity contribution in [2.45, 2.75) is 13.8 Å². The summed E-state index contributed by atoms with van der Waals surface area (Å²) >= 11 is 0. The van der Waals surface area contributed by atoms with E-state index in [1.165, 1.54) is 6.07 Å². The fourth-order valence-corrected chi connectivity index (χ4v) is 1.96. The third-order valence-electron chi connectivity index (χ3n) is 3.08. The normalized spacial score (nSPS) is 10.2. The molecule has 0 bridgehead atoms. The van der Waals surface area contributed by atoms with Gasteiger partial charge in [0.1, 0.15) is 18.2 Å². The van der Waals surface area contributed by atoms with Crippen molar-refractivity contribution in [1.29, 1.82) is 0 Å². The Labute approximate surface area is 123 Å². The van der Waals surface area contributed by atoms with Crippen molar-refractivity contribution in [2.24, 2.45) is 0 Å². The van der Waals surface area contributed by atoms with Crippen molar-refractivity contribution in [3.05, 3.63) is 65.0 Å². The van der Waals surface area contributed by atoms with Gasteiger partial charge in [-0.05, 0) is 43.2 Å². The second-order valence-corrected chi connectivity index (χ2v) is 4.86. The van der Waals surface area contributed by atoms with E-state index in [2.05, 4.69) is 5.32 Å². The van der Waals surface area contributed by atoms with Crippen molar-refractivity contribution in [3.63, 3.8) is 0 Å². The minimum atomic E-state index is -0.477. The minimum absolute atomic E-state index is 0.0607. The van der Waals surface area contributed by atoms with E-state index < -0.39 is 11.7 Å². The summed E-state index contributed by atoms with van der Waals surface area (Å²) in [6.45, 7) is 4.27. The van der Waals surface area contributed by atoms with Crippen LogP contribution in [-0.4, -0.2) is 19.1 Å². The second kappa shape index (κ2) is 6.88. The fraction of sp³-hybridized carbons (Fsp3) is 0.235.